The zero-order chi connectivity index (χ0) is 19.6. The summed E-state index contributed by atoms with van der Waals surface area (Å²) in [5, 5.41) is 43.0. The van der Waals surface area contributed by atoms with E-state index in [-0.39, 0.29) is 48.1 Å². The van der Waals surface area contributed by atoms with Gasteiger partial charge in [-0.05, 0) is 60.2 Å². The van der Waals surface area contributed by atoms with E-state index in [1.807, 2.05) is 0 Å². The molecule has 0 saturated heterocycles. The molecule has 4 aliphatic carbocycles. The Morgan fingerprint density at radius 1 is 1.22 bits per heavy atom. The van der Waals surface area contributed by atoms with Crippen molar-refractivity contribution in [2.24, 2.45) is 39.7 Å². The third kappa shape index (κ3) is 2.75. The summed E-state index contributed by atoms with van der Waals surface area (Å²) < 4.78 is 0. The fraction of sp³-hybridized carbons (Fsp3) is 0.810. The number of rotatable bonds is 2. The zero-order valence-corrected chi connectivity index (χ0v) is 16.2. The Kier molecular flexibility index (Phi) is 4.24. The van der Waals surface area contributed by atoms with E-state index in [0.29, 0.717) is 5.92 Å². The third-order valence-electron chi connectivity index (χ3n) is 8.54. The highest BCUT2D eigenvalue weighted by Gasteiger charge is 2.61. The van der Waals surface area contributed by atoms with E-state index in [1.54, 1.807) is 0 Å². The van der Waals surface area contributed by atoms with Crippen molar-refractivity contribution in [2.75, 3.05) is 0 Å². The van der Waals surface area contributed by atoms with Gasteiger partial charge in [0.05, 0.1) is 6.42 Å². The van der Waals surface area contributed by atoms with Crippen molar-refractivity contribution in [3.63, 3.8) is 0 Å². The van der Waals surface area contributed by atoms with Gasteiger partial charge in [-0.15, -0.1) is 0 Å². The normalized spacial score (nSPS) is 47.0. The molecule has 0 spiro atoms. The van der Waals surface area contributed by atoms with Crippen molar-refractivity contribution in [1.29, 1.82) is 0 Å². The number of aliphatic carboxylic acids is 1. The van der Waals surface area contributed by atoms with Crippen LogP contribution in [0.25, 0.3) is 0 Å². The summed E-state index contributed by atoms with van der Waals surface area (Å²) in [6.45, 7) is 4.46. The first-order chi connectivity index (χ1) is 12.6. The lowest BCUT2D eigenvalue weighted by Crippen LogP contribution is -2.57. The number of allylic oxidation sites excluding steroid dienone is 2. The van der Waals surface area contributed by atoms with Crippen molar-refractivity contribution in [1.82, 2.24) is 0 Å². The molecule has 0 amide bonds. The Morgan fingerprint density at radius 3 is 2.63 bits per heavy atom. The first kappa shape index (κ1) is 18.9. The molecular formula is C21H31NO5. The van der Waals surface area contributed by atoms with Gasteiger partial charge in [-0.1, -0.05) is 37.1 Å². The summed E-state index contributed by atoms with van der Waals surface area (Å²) in [6, 6.07) is 0. The van der Waals surface area contributed by atoms with E-state index in [0.717, 1.165) is 24.8 Å². The second kappa shape index (κ2) is 6.05. The molecule has 6 atom stereocenters. The molecule has 3 fully saturated rings. The van der Waals surface area contributed by atoms with Gasteiger partial charge in [-0.3, -0.25) is 4.79 Å². The molecule has 0 radical (unpaired) electrons. The maximum Gasteiger partial charge on any atom is 0.303 e. The average Bonchev–Trinajstić information content (AvgIpc) is 2.95. The molecule has 27 heavy (non-hydrogen) atoms. The van der Waals surface area contributed by atoms with Gasteiger partial charge in [0.15, 0.2) is 0 Å². The summed E-state index contributed by atoms with van der Waals surface area (Å²) in [4.78, 5) is 11.6. The summed E-state index contributed by atoms with van der Waals surface area (Å²) >= 11 is 0. The van der Waals surface area contributed by atoms with Crippen molar-refractivity contribution in [3.8, 4) is 0 Å². The molecule has 6 nitrogen and oxygen atoms in total. The number of nitrogens with zero attached hydrogens (tertiary/aromatic N) is 1. The van der Waals surface area contributed by atoms with Crippen LogP contribution < -0.4 is 0 Å². The number of hydrogen-bond donors (Lipinski definition) is 4. The Hall–Kier alpha value is -1.40. The number of carboxylic acid groups (broad SMARTS) is 1. The van der Waals surface area contributed by atoms with Crippen LogP contribution in [0.5, 0.6) is 0 Å². The molecule has 0 aliphatic heterocycles. The van der Waals surface area contributed by atoms with Crippen molar-refractivity contribution in [2.45, 2.75) is 71.0 Å². The summed E-state index contributed by atoms with van der Waals surface area (Å²) in [7, 11) is 0. The van der Waals surface area contributed by atoms with Crippen LogP contribution in [0.4, 0.5) is 0 Å². The molecule has 0 aromatic carbocycles. The minimum Gasteiger partial charge on any atom is -0.481 e. The SMILES string of the molecule is C[C@@]12CCC[C@H]1[C@@H]1C(CC(=O)O)C=C3CC(=NO)C(O)(O)C[C@]3(C)[C@H]1CC2. The van der Waals surface area contributed by atoms with Gasteiger partial charge < -0.3 is 20.5 Å². The summed E-state index contributed by atoms with van der Waals surface area (Å²) in [5.74, 6) is -1.94. The third-order valence-corrected chi connectivity index (χ3v) is 8.54. The van der Waals surface area contributed by atoms with E-state index in [4.69, 9.17) is 0 Å². The maximum absolute atomic E-state index is 11.6. The topological polar surface area (TPSA) is 110 Å². The van der Waals surface area contributed by atoms with Gasteiger partial charge in [-0.25, -0.2) is 0 Å². The zero-order valence-electron chi connectivity index (χ0n) is 16.2. The smallest absolute Gasteiger partial charge is 0.303 e. The molecule has 4 N–H and O–H groups in total. The molecule has 6 heteroatoms. The standard InChI is InChI=1S/C21H31NO5/c1-19-6-3-4-14(19)18-12(9-17(23)24)8-13-10-16(22-27)21(25,26)11-20(13,2)15(18)5-7-19/h8,12,14-15,18,25-27H,3-7,9-11H2,1-2H3,(H,23,24)/t12?,14-,15-,18-,19-,20-/m0/s1. The van der Waals surface area contributed by atoms with Crippen LogP contribution in [-0.2, 0) is 4.79 Å². The van der Waals surface area contributed by atoms with Gasteiger partial charge in [0.25, 0.3) is 0 Å². The number of carbonyl (C=O) groups is 1. The summed E-state index contributed by atoms with van der Waals surface area (Å²) in [5.41, 5.74) is 0.853. The first-order valence-corrected chi connectivity index (χ1v) is 10.2. The Labute approximate surface area is 160 Å². The number of oxime groups is 1. The van der Waals surface area contributed by atoms with Crippen molar-refractivity contribution < 1.29 is 25.3 Å². The van der Waals surface area contributed by atoms with Gasteiger partial charge in [0, 0.05) is 12.8 Å². The lowest BCUT2D eigenvalue weighted by Gasteiger charge is -2.60. The highest BCUT2D eigenvalue weighted by atomic mass is 16.5. The van der Waals surface area contributed by atoms with E-state index >= 15 is 0 Å². The van der Waals surface area contributed by atoms with Crippen LogP contribution in [-0.4, -0.2) is 38.0 Å². The van der Waals surface area contributed by atoms with E-state index < -0.39 is 17.2 Å². The van der Waals surface area contributed by atoms with E-state index in [9.17, 15) is 25.3 Å². The van der Waals surface area contributed by atoms with E-state index in [1.165, 1.54) is 12.8 Å². The number of carboxylic acids is 1. The van der Waals surface area contributed by atoms with Gasteiger partial charge in [0.1, 0.15) is 5.71 Å². The number of hydrogen-bond acceptors (Lipinski definition) is 5. The highest BCUT2D eigenvalue weighted by Crippen LogP contribution is 2.66. The second-order valence-corrected chi connectivity index (χ2v) is 9.96. The van der Waals surface area contributed by atoms with Crippen LogP contribution in [0.15, 0.2) is 16.8 Å². The molecule has 0 aromatic rings. The molecule has 150 valence electrons. The second-order valence-electron chi connectivity index (χ2n) is 9.96. The Morgan fingerprint density at radius 2 is 1.96 bits per heavy atom. The highest BCUT2D eigenvalue weighted by molar-refractivity contribution is 5.93. The monoisotopic (exact) mass is 377 g/mol. The molecule has 0 aromatic heterocycles. The average molecular weight is 377 g/mol. The predicted octanol–water partition coefficient (Wildman–Crippen LogP) is 3.16. The van der Waals surface area contributed by atoms with Gasteiger partial charge in [-0.2, -0.15) is 0 Å². The minimum absolute atomic E-state index is 0.0388. The molecule has 3 saturated carbocycles. The maximum atomic E-state index is 11.6. The van der Waals surface area contributed by atoms with Crippen LogP contribution in [0, 0.1) is 34.5 Å². The Balaban J connectivity index is 1.80. The van der Waals surface area contributed by atoms with Gasteiger partial charge >= 0.3 is 5.97 Å². The molecular weight excluding hydrogens is 346 g/mol. The molecule has 4 aliphatic rings. The molecule has 0 bridgehead atoms. The summed E-state index contributed by atoms with van der Waals surface area (Å²) in [6.07, 6.45) is 8.15. The van der Waals surface area contributed by atoms with Gasteiger partial charge in [0.2, 0.25) is 5.79 Å². The number of fused-ring (bicyclic) bond motifs is 5. The first-order valence-electron chi connectivity index (χ1n) is 10.2. The Bertz CT molecular complexity index is 713. The molecule has 1 unspecified atom stereocenters. The lowest BCUT2D eigenvalue weighted by molar-refractivity contribution is -0.156. The van der Waals surface area contributed by atoms with Crippen LogP contribution in [0.3, 0.4) is 0 Å². The van der Waals surface area contributed by atoms with Crippen molar-refractivity contribution >= 4 is 11.7 Å². The quantitative estimate of drug-likeness (QED) is 0.256. The fourth-order valence-corrected chi connectivity index (χ4v) is 7.28. The minimum atomic E-state index is -2.11. The van der Waals surface area contributed by atoms with Crippen LogP contribution in [0.2, 0.25) is 0 Å². The van der Waals surface area contributed by atoms with Crippen molar-refractivity contribution in [3.05, 3.63) is 11.6 Å². The molecule has 0 heterocycles. The number of aliphatic hydroxyl groups is 2. The van der Waals surface area contributed by atoms with E-state index in [2.05, 4.69) is 25.1 Å². The molecule has 4 rings (SSSR count). The largest absolute Gasteiger partial charge is 0.481 e. The predicted molar refractivity (Wildman–Crippen MR) is 99.2 cm³/mol. The fourth-order valence-electron chi connectivity index (χ4n) is 7.28. The lowest BCUT2D eigenvalue weighted by atomic mass is 9.45. The van der Waals surface area contributed by atoms with Crippen LogP contribution in [0.1, 0.15) is 65.2 Å². The van der Waals surface area contributed by atoms with Crippen LogP contribution >= 0.6 is 0 Å².